The van der Waals surface area contributed by atoms with Crippen LogP contribution in [0.25, 0.3) is 10.8 Å². The van der Waals surface area contributed by atoms with Gasteiger partial charge in [0.05, 0.1) is 12.0 Å². The molecule has 0 spiro atoms. The highest BCUT2D eigenvalue weighted by atomic mass is 79.9. The zero-order valence-electron chi connectivity index (χ0n) is 14.7. The van der Waals surface area contributed by atoms with E-state index in [-0.39, 0.29) is 18.2 Å². The molecule has 6 heteroatoms. The first-order valence-electron chi connectivity index (χ1n) is 8.40. The van der Waals surface area contributed by atoms with Crippen LogP contribution in [0.2, 0.25) is 0 Å². The molecule has 2 amide bonds. The maximum Gasteiger partial charge on any atom is 0.272 e. The summed E-state index contributed by atoms with van der Waals surface area (Å²) in [4.78, 5) is 24.5. The Morgan fingerprint density at radius 2 is 1.67 bits per heavy atom. The molecule has 0 heterocycles. The highest BCUT2D eigenvalue weighted by Crippen LogP contribution is 2.23. The molecule has 5 nitrogen and oxygen atoms in total. The fourth-order valence-corrected chi connectivity index (χ4v) is 3.12. The Kier molecular flexibility index (Phi) is 5.98. The number of amides is 2. The molecule has 0 fully saturated rings. The fraction of sp³-hybridized carbons (Fsp3) is 0.0952. The number of fused-ring (bicyclic) bond motifs is 1. The van der Waals surface area contributed by atoms with E-state index >= 15 is 0 Å². The van der Waals surface area contributed by atoms with Gasteiger partial charge in [-0.25, -0.2) is 5.43 Å². The number of anilines is 1. The molecule has 0 saturated carbocycles. The molecule has 0 aliphatic heterocycles. The van der Waals surface area contributed by atoms with Crippen molar-refractivity contribution in [3.63, 3.8) is 0 Å². The lowest BCUT2D eigenvalue weighted by Crippen LogP contribution is -2.21. The molecule has 0 aromatic heterocycles. The van der Waals surface area contributed by atoms with Crippen molar-refractivity contribution in [3.8, 4) is 0 Å². The topological polar surface area (TPSA) is 70.6 Å². The smallest absolute Gasteiger partial charge is 0.272 e. The summed E-state index contributed by atoms with van der Waals surface area (Å²) in [7, 11) is 0. The van der Waals surface area contributed by atoms with Crippen molar-refractivity contribution in [2.75, 3.05) is 5.32 Å². The van der Waals surface area contributed by atoms with Crippen molar-refractivity contribution in [2.45, 2.75) is 13.3 Å². The average Bonchev–Trinajstić information content (AvgIpc) is 2.67. The first-order chi connectivity index (χ1) is 13.0. The normalized spacial score (nSPS) is 11.3. The molecule has 136 valence electrons. The Labute approximate surface area is 165 Å². The zero-order chi connectivity index (χ0) is 19.2. The van der Waals surface area contributed by atoms with Crippen LogP contribution in [-0.4, -0.2) is 17.5 Å². The van der Waals surface area contributed by atoms with Gasteiger partial charge in [-0.15, -0.1) is 0 Å². The quantitative estimate of drug-likeness (QED) is 0.459. The first kappa shape index (κ1) is 18.8. The number of carbonyl (C=O) groups excluding carboxylic acids is 2. The predicted octanol–water partition coefficient (Wildman–Crippen LogP) is 4.74. The molecule has 0 saturated heterocycles. The van der Waals surface area contributed by atoms with Crippen LogP contribution in [-0.2, 0) is 4.79 Å². The van der Waals surface area contributed by atoms with Gasteiger partial charge in [0.25, 0.3) is 5.91 Å². The Bertz CT molecular complexity index is 1030. The number of halogens is 1. The molecular weight excluding hydrogens is 406 g/mol. The highest BCUT2D eigenvalue weighted by molar-refractivity contribution is 9.10. The molecule has 0 unspecified atom stereocenters. The van der Waals surface area contributed by atoms with Crippen LogP contribution in [0.1, 0.15) is 23.7 Å². The summed E-state index contributed by atoms with van der Waals surface area (Å²) in [6.07, 6.45) is 0.0828. The lowest BCUT2D eigenvalue weighted by molar-refractivity contribution is -0.115. The van der Waals surface area contributed by atoms with Crippen LogP contribution in [0.3, 0.4) is 0 Å². The van der Waals surface area contributed by atoms with E-state index in [1.165, 1.54) is 0 Å². The largest absolute Gasteiger partial charge is 0.325 e. The second-order valence-corrected chi connectivity index (χ2v) is 6.87. The van der Waals surface area contributed by atoms with E-state index in [1.54, 1.807) is 25.1 Å². The molecule has 27 heavy (non-hydrogen) atoms. The molecular formula is C21H18BrN3O2. The van der Waals surface area contributed by atoms with E-state index in [0.717, 1.165) is 16.5 Å². The summed E-state index contributed by atoms with van der Waals surface area (Å²) in [5.74, 6) is -0.529. The minimum atomic E-state index is -0.337. The number of hydrogen-bond acceptors (Lipinski definition) is 3. The summed E-state index contributed by atoms with van der Waals surface area (Å²) in [6.45, 7) is 1.70. The Morgan fingerprint density at radius 1 is 0.963 bits per heavy atom. The van der Waals surface area contributed by atoms with Gasteiger partial charge < -0.3 is 5.32 Å². The third-order valence-electron chi connectivity index (χ3n) is 3.95. The molecule has 0 bridgehead atoms. The molecule has 0 atom stereocenters. The Morgan fingerprint density at radius 3 is 2.48 bits per heavy atom. The van der Waals surface area contributed by atoms with Gasteiger partial charge >= 0.3 is 0 Å². The van der Waals surface area contributed by atoms with E-state index in [1.807, 2.05) is 48.5 Å². The van der Waals surface area contributed by atoms with Crippen LogP contribution >= 0.6 is 15.9 Å². The van der Waals surface area contributed by atoms with Crippen molar-refractivity contribution >= 4 is 49.9 Å². The Balaban J connectivity index is 1.62. The van der Waals surface area contributed by atoms with E-state index in [0.29, 0.717) is 15.7 Å². The van der Waals surface area contributed by atoms with E-state index in [9.17, 15) is 9.59 Å². The number of carbonyl (C=O) groups is 2. The van der Waals surface area contributed by atoms with E-state index < -0.39 is 0 Å². The number of hydrazone groups is 1. The van der Waals surface area contributed by atoms with Gasteiger partial charge in [0.1, 0.15) is 0 Å². The first-order valence-corrected chi connectivity index (χ1v) is 9.19. The molecule has 3 aromatic rings. The summed E-state index contributed by atoms with van der Waals surface area (Å²) in [5, 5.41) is 8.96. The monoisotopic (exact) mass is 423 g/mol. The summed E-state index contributed by atoms with van der Waals surface area (Å²) < 4.78 is 0.684. The highest BCUT2D eigenvalue weighted by Gasteiger charge is 2.10. The molecule has 2 N–H and O–H groups in total. The number of benzene rings is 3. The van der Waals surface area contributed by atoms with Crippen molar-refractivity contribution in [3.05, 3.63) is 76.8 Å². The number of nitrogens with zero attached hydrogens (tertiary/aromatic N) is 1. The van der Waals surface area contributed by atoms with Gasteiger partial charge in [-0.1, -0.05) is 48.5 Å². The number of rotatable bonds is 5. The van der Waals surface area contributed by atoms with Crippen molar-refractivity contribution in [2.24, 2.45) is 5.10 Å². The van der Waals surface area contributed by atoms with E-state index in [4.69, 9.17) is 0 Å². The maximum absolute atomic E-state index is 12.3. The van der Waals surface area contributed by atoms with Crippen LogP contribution in [0.4, 0.5) is 5.69 Å². The third-order valence-corrected chi connectivity index (χ3v) is 4.64. The van der Waals surface area contributed by atoms with Crippen molar-refractivity contribution in [1.82, 2.24) is 5.43 Å². The number of nitrogens with one attached hydrogen (secondary N) is 2. The summed E-state index contributed by atoms with van der Waals surface area (Å²) in [6, 6.07) is 20.7. The molecule has 3 aromatic carbocycles. The SMILES string of the molecule is C/C(CC(=O)Nc1cccc2ccccc12)=N/NC(=O)c1ccccc1Br. The van der Waals surface area contributed by atoms with Crippen LogP contribution in [0.5, 0.6) is 0 Å². The molecule has 0 aliphatic carbocycles. The number of hydrogen-bond donors (Lipinski definition) is 2. The van der Waals surface area contributed by atoms with Gasteiger partial charge in [-0.3, -0.25) is 9.59 Å². The Hall–Kier alpha value is -2.99. The molecule has 3 rings (SSSR count). The third kappa shape index (κ3) is 4.80. The van der Waals surface area contributed by atoms with Crippen molar-refractivity contribution in [1.29, 1.82) is 0 Å². The fourth-order valence-electron chi connectivity index (χ4n) is 2.65. The second kappa shape index (κ2) is 8.60. The summed E-state index contributed by atoms with van der Waals surface area (Å²) >= 11 is 3.33. The maximum atomic E-state index is 12.3. The predicted molar refractivity (Wildman–Crippen MR) is 112 cm³/mol. The zero-order valence-corrected chi connectivity index (χ0v) is 16.3. The minimum Gasteiger partial charge on any atom is -0.325 e. The standard InChI is InChI=1S/C21H18BrN3O2/c1-14(24-25-21(27)17-10-4-5-11-18(17)22)13-20(26)23-19-12-6-8-15-7-2-3-9-16(15)19/h2-12H,13H2,1H3,(H,23,26)(H,25,27)/b24-14-. The van der Waals surface area contributed by atoms with Crippen LogP contribution < -0.4 is 10.7 Å². The summed E-state index contributed by atoms with van der Waals surface area (Å²) in [5.41, 5.74) is 4.22. The van der Waals surface area contributed by atoms with Crippen LogP contribution in [0, 0.1) is 0 Å². The lowest BCUT2D eigenvalue weighted by Gasteiger charge is -2.09. The van der Waals surface area contributed by atoms with Gasteiger partial charge in [0.15, 0.2) is 0 Å². The van der Waals surface area contributed by atoms with Gasteiger partial charge in [-0.2, -0.15) is 5.10 Å². The average molecular weight is 424 g/mol. The van der Waals surface area contributed by atoms with E-state index in [2.05, 4.69) is 31.8 Å². The van der Waals surface area contributed by atoms with Gasteiger partial charge in [0, 0.05) is 21.3 Å². The second-order valence-electron chi connectivity index (χ2n) is 6.02. The van der Waals surface area contributed by atoms with Crippen LogP contribution in [0.15, 0.2) is 76.3 Å². The van der Waals surface area contributed by atoms with Gasteiger partial charge in [0.2, 0.25) is 5.91 Å². The van der Waals surface area contributed by atoms with Crippen molar-refractivity contribution < 1.29 is 9.59 Å². The lowest BCUT2D eigenvalue weighted by atomic mass is 10.1. The molecule has 0 radical (unpaired) electrons. The molecule has 0 aliphatic rings. The van der Waals surface area contributed by atoms with Gasteiger partial charge in [-0.05, 0) is 46.4 Å². The minimum absolute atomic E-state index is 0.0828.